The van der Waals surface area contributed by atoms with Crippen LogP contribution in [0, 0.1) is 5.92 Å². The van der Waals surface area contributed by atoms with Gasteiger partial charge in [0.05, 0.1) is 11.8 Å². The van der Waals surface area contributed by atoms with Gasteiger partial charge < -0.3 is 15.3 Å². The van der Waals surface area contributed by atoms with Gasteiger partial charge in [-0.2, -0.15) is 8.42 Å². The molecule has 0 unspecified atom stereocenters. The van der Waals surface area contributed by atoms with E-state index in [-0.39, 0.29) is 35.7 Å². The first-order valence-electron chi connectivity index (χ1n) is 12.1. The van der Waals surface area contributed by atoms with Gasteiger partial charge in [0.15, 0.2) is 6.29 Å². The van der Waals surface area contributed by atoms with E-state index in [1.165, 1.54) is 11.8 Å². The molecule has 1 amide bonds. The second-order valence-electron chi connectivity index (χ2n) is 9.56. The Balaban J connectivity index is 1.85. The minimum absolute atomic E-state index is 0.0746. The van der Waals surface area contributed by atoms with Gasteiger partial charge in [-0.05, 0) is 31.4 Å². The number of amides is 1. The fourth-order valence-electron chi connectivity index (χ4n) is 5.22. The summed E-state index contributed by atoms with van der Waals surface area (Å²) in [6.45, 7) is 6.56. The zero-order chi connectivity index (χ0) is 26.6. The van der Waals surface area contributed by atoms with Gasteiger partial charge in [0.25, 0.3) is 10.2 Å². The standard InChI is InChI=1S/C24H37N5O5S2/c1-15(31)9-22-16(2)24(23(14-30)29(22)17(3)32)35-20-10-19(11-27-36(25,33)34)28(13-20)12-18-7-5-6-8-21(18)26-4/h5-8,14-16,19-20,22,26-27,31H,9-13H2,1-4H3,(H2,25,33,34)/t15-,16-,19+,20+,22+/m1/s1. The second kappa shape index (κ2) is 12.1. The van der Waals surface area contributed by atoms with E-state index >= 15 is 0 Å². The van der Waals surface area contributed by atoms with Crippen LogP contribution in [0.1, 0.15) is 39.2 Å². The van der Waals surface area contributed by atoms with Crippen LogP contribution in [0.2, 0.25) is 0 Å². The number of aliphatic hydroxyl groups excluding tert-OH is 1. The molecular weight excluding hydrogens is 502 g/mol. The van der Waals surface area contributed by atoms with Crippen molar-refractivity contribution in [1.82, 2.24) is 14.5 Å². The van der Waals surface area contributed by atoms with Gasteiger partial charge in [-0.25, -0.2) is 9.86 Å². The van der Waals surface area contributed by atoms with Crippen molar-refractivity contribution >= 4 is 39.9 Å². The summed E-state index contributed by atoms with van der Waals surface area (Å²) in [5.41, 5.74) is 2.46. The molecule has 0 aromatic heterocycles. The summed E-state index contributed by atoms with van der Waals surface area (Å²) in [6, 6.07) is 7.57. The normalized spacial score (nSPS) is 25.9. The maximum Gasteiger partial charge on any atom is 0.274 e. The van der Waals surface area contributed by atoms with E-state index in [2.05, 4.69) is 14.9 Å². The van der Waals surface area contributed by atoms with E-state index < -0.39 is 16.3 Å². The van der Waals surface area contributed by atoms with Crippen molar-refractivity contribution in [3.05, 3.63) is 40.4 Å². The quantitative estimate of drug-likeness (QED) is 0.308. The molecule has 0 radical (unpaired) electrons. The molecule has 12 heteroatoms. The first-order chi connectivity index (χ1) is 16.9. The summed E-state index contributed by atoms with van der Waals surface area (Å²) in [6.07, 6.45) is 1.18. The monoisotopic (exact) mass is 539 g/mol. The molecule has 200 valence electrons. The number of carbonyl (C=O) groups excluding carboxylic acids is 2. The number of likely N-dealkylation sites (tertiary alicyclic amines) is 1. The summed E-state index contributed by atoms with van der Waals surface area (Å²) < 4.78 is 25.6. The number of allylic oxidation sites excluding steroid dienone is 1. The molecule has 1 fully saturated rings. The topological polar surface area (TPSA) is 145 Å². The molecule has 10 nitrogen and oxygen atoms in total. The number of aldehydes is 1. The Morgan fingerprint density at radius 1 is 1.36 bits per heavy atom. The lowest BCUT2D eigenvalue weighted by Crippen LogP contribution is -2.42. The number of benzene rings is 1. The van der Waals surface area contributed by atoms with Crippen molar-refractivity contribution < 1.29 is 23.1 Å². The third-order valence-corrected chi connectivity index (χ3v) is 8.91. The van der Waals surface area contributed by atoms with Crippen LogP contribution in [-0.4, -0.2) is 79.1 Å². The fraction of sp³-hybridized carbons (Fsp3) is 0.583. The molecule has 1 aromatic carbocycles. The Hall–Kier alpha value is -1.96. The lowest BCUT2D eigenvalue weighted by atomic mass is 9.98. The number of carbonyl (C=O) groups is 2. The van der Waals surface area contributed by atoms with Gasteiger partial charge in [0.1, 0.15) is 0 Å². The van der Waals surface area contributed by atoms with E-state index in [4.69, 9.17) is 5.14 Å². The first kappa shape index (κ1) is 28.6. The van der Waals surface area contributed by atoms with Crippen molar-refractivity contribution in [2.24, 2.45) is 11.1 Å². The SMILES string of the molecule is CNc1ccccc1CN1C[C@@H](SC2=C(C=O)N(C(C)=O)[C@@H](C[C@@H](C)O)[C@H]2C)C[C@H]1CNS(N)(=O)=O. The van der Waals surface area contributed by atoms with E-state index in [0.29, 0.717) is 31.6 Å². The highest BCUT2D eigenvalue weighted by Gasteiger charge is 2.43. The van der Waals surface area contributed by atoms with Gasteiger partial charge in [0.2, 0.25) is 5.91 Å². The predicted molar refractivity (Wildman–Crippen MR) is 142 cm³/mol. The van der Waals surface area contributed by atoms with Gasteiger partial charge in [-0.1, -0.05) is 25.1 Å². The van der Waals surface area contributed by atoms with Crippen molar-refractivity contribution in [3.63, 3.8) is 0 Å². The Morgan fingerprint density at radius 3 is 2.64 bits per heavy atom. The first-order valence-corrected chi connectivity index (χ1v) is 14.5. The highest BCUT2D eigenvalue weighted by atomic mass is 32.2. The number of para-hydroxylation sites is 1. The number of hydrogen-bond donors (Lipinski definition) is 4. The molecule has 1 aromatic rings. The highest BCUT2D eigenvalue weighted by Crippen LogP contribution is 2.45. The molecule has 0 spiro atoms. The van der Waals surface area contributed by atoms with Gasteiger partial charge in [-0.15, -0.1) is 11.8 Å². The van der Waals surface area contributed by atoms with Crippen LogP contribution in [0.4, 0.5) is 5.69 Å². The van der Waals surface area contributed by atoms with Crippen LogP contribution in [0.25, 0.3) is 0 Å². The summed E-state index contributed by atoms with van der Waals surface area (Å²) in [5, 5.41) is 18.5. The number of nitrogens with two attached hydrogens (primary N) is 1. The van der Waals surface area contributed by atoms with Crippen LogP contribution in [0.15, 0.2) is 34.9 Å². The van der Waals surface area contributed by atoms with Crippen molar-refractivity contribution in [1.29, 1.82) is 0 Å². The number of nitrogens with one attached hydrogen (secondary N) is 2. The van der Waals surface area contributed by atoms with Crippen molar-refractivity contribution in [3.8, 4) is 0 Å². The number of rotatable bonds is 11. The summed E-state index contributed by atoms with van der Waals surface area (Å²) >= 11 is 1.58. The van der Waals surface area contributed by atoms with E-state index in [1.807, 2.05) is 38.2 Å². The van der Waals surface area contributed by atoms with Gasteiger partial charge >= 0.3 is 0 Å². The molecule has 2 heterocycles. The maximum absolute atomic E-state index is 12.4. The summed E-state index contributed by atoms with van der Waals surface area (Å²) in [5.74, 6) is -0.328. The Kier molecular flexibility index (Phi) is 9.58. The predicted octanol–water partition coefficient (Wildman–Crippen LogP) is 1.25. The van der Waals surface area contributed by atoms with Crippen LogP contribution < -0.4 is 15.2 Å². The smallest absolute Gasteiger partial charge is 0.274 e. The Bertz CT molecular complexity index is 1090. The lowest BCUT2D eigenvalue weighted by molar-refractivity contribution is -0.130. The van der Waals surface area contributed by atoms with E-state index in [9.17, 15) is 23.1 Å². The summed E-state index contributed by atoms with van der Waals surface area (Å²) in [4.78, 5) is 29.1. The average molecular weight is 540 g/mol. The van der Waals surface area contributed by atoms with Crippen LogP contribution >= 0.6 is 11.8 Å². The molecule has 5 atom stereocenters. The largest absolute Gasteiger partial charge is 0.393 e. The molecule has 1 saturated heterocycles. The third kappa shape index (κ3) is 6.87. The molecule has 2 aliphatic rings. The van der Waals surface area contributed by atoms with Crippen LogP contribution in [0.3, 0.4) is 0 Å². The van der Waals surface area contributed by atoms with Gasteiger partial charge in [0, 0.05) is 67.4 Å². The third-order valence-electron chi connectivity index (χ3n) is 6.83. The fourth-order valence-corrected chi connectivity index (χ4v) is 7.22. The van der Waals surface area contributed by atoms with E-state index in [0.717, 1.165) is 22.4 Å². The zero-order valence-corrected chi connectivity index (χ0v) is 22.8. The number of aliphatic hydroxyl groups is 1. The molecule has 2 aliphatic heterocycles. The number of thioether (sulfide) groups is 1. The highest BCUT2D eigenvalue weighted by molar-refractivity contribution is 8.03. The van der Waals surface area contributed by atoms with Crippen LogP contribution in [0.5, 0.6) is 0 Å². The molecule has 0 bridgehead atoms. The molecule has 36 heavy (non-hydrogen) atoms. The average Bonchev–Trinajstić information content (AvgIpc) is 3.30. The van der Waals surface area contributed by atoms with Crippen LogP contribution in [-0.2, 0) is 26.3 Å². The zero-order valence-electron chi connectivity index (χ0n) is 21.2. The van der Waals surface area contributed by atoms with E-state index in [1.54, 1.807) is 18.7 Å². The number of nitrogens with zero attached hydrogens (tertiary/aromatic N) is 2. The minimum Gasteiger partial charge on any atom is -0.393 e. The summed E-state index contributed by atoms with van der Waals surface area (Å²) in [7, 11) is -1.98. The van der Waals surface area contributed by atoms with Crippen molar-refractivity contribution in [2.75, 3.05) is 25.5 Å². The van der Waals surface area contributed by atoms with Gasteiger partial charge in [-0.3, -0.25) is 14.5 Å². The molecule has 0 saturated carbocycles. The lowest BCUT2D eigenvalue weighted by Gasteiger charge is -2.28. The Morgan fingerprint density at radius 2 is 2.06 bits per heavy atom. The molecule has 5 N–H and O–H groups in total. The minimum atomic E-state index is -3.84. The molecule has 3 rings (SSSR count). The van der Waals surface area contributed by atoms with Crippen molar-refractivity contribution in [2.45, 2.75) is 63.6 Å². The number of hydrogen-bond acceptors (Lipinski definition) is 8. The Labute approximate surface area is 217 Å². The maximum atomic E-state index is 12.4. The molecule has 0 aliphatic carbocycles. The number of anilines is 1. The second-order valence-corrected chi connectivity index (χ2v) is 12.3. The molecular formula is C24H37N5O5S2.